The molecule has 0 unspecified atom stereocenters. The fraction of sp³-hybridized carbons (Fsp3) is 0. The van der Waals surface area contributed by atoms with E-state index in [-0.39, 0.29) is 0 Å². The molecule has 0 nitrogen and oxygen atoms in total. The lowest BCUT2D eigenvalue weighted by atomic mass is 10.1. The lowest BCUT2D eigenvalue weighted by Gasteiger charge is -1.99. The topological polar surface area (TPSA) is 0 Å². The summed E-state index contributed by atoms with van der Waals surface area (Å²) in [6, 6.07) is 36.0. The molecule has 0 atom stereocenters. The molecule has 0 radical (unpaired) electrons. The van der Waals surface area contributed by atoms with Crippen LogP contribution < -0.4 is 0 Å². The smallest absolute Gasteiger partial charge is 0.0542 e. The van der Waals surface area contributed by atoms with E-state index in [1.165, 1.54) is 70.6 Å². The summed E-state index contributed by atoms with van der Waals surface area (Å²) in [5.41, 5.74) is 2.64. The Labute approximate surface area is 212 Å². The molecule has 4 aromatic carbocycles. The van der Waals surface area contributed by atoms with E-state index in [0.29, 0.717) is 0 Å². The third kappa shape index (κ3) is 2.87. The minimum atomic E-state index is 1.32. The second kappa shape index (κ2) is 7.24. The molecule has 0 bridgehead atoms. The zero-order valence-corrected chi connectivity index (χ0v) is 21.1. The molecular formula is C30H16S4. The lowest BCUT2D eigenvalue weighted by molar-refractivity contribution is 1.81. The van der Waals surface area contributed by atoms with Crippen LogP contribution in [0.1, 0.15) is 0 Å². The summed E-state index contributed by atoms with van der Waals surface area (Å²) in [6.07, 6.45) is 0. The van der Waals surface area contributed by atoms with Crippen LogP contribution in [0.4, 0.5) is 0 Å². The van der Waals surface area contributed by atoms with Crippen LogP contribution in [0.25, 0.3) is 70.6 Å². The Hall–Kier alpha value is -3.02. The SMILES string of the molecule is c1ccc2sc(-c3ccc4c(c3)sc3c5ccc(-c6cc7ccccc7s6)cc5sc43)cc2c1. The Balaban J connectivity index is 1.26. The van der Waals surface area contributed by atoms with Crippen LogP contribution in [0.2, 0.25) is 0 Å². The van der Waals surface area contributed by atoms with Crippen molar-refractivity contribution in [3.63, 3.8) is 0 Å². The standard InChI is InChI=1S/C30H16S4/c1-3-7-23-17(5-1)13-25(31-23)19-9-11-21-27(15-19)33-30-22-12-10-20(16-28(22)34-29(21)30)26-14-18-6-2-4-8-24(18)32-26/h1-16H. The molecule has 4 heteroatoms. The van der Waals surface area contributed by atoms with Gasteiger partial charge in [0.05, 0.1) is 9.40 Å². The van der Waals surface area contributed by atoms with Crippen LogP contribution in [0.3, 0.4) is 0 Å². The van der Waals surface area contributed by atoms with Gasteiger partial charge in [0.15, 0.2) is 0 Å². The first kappa shape index (κ1) is 19.3. The average molecular weight is 505 g/mol. The monoisotopic (exact) mass is 504 g/mol. The average Bonchev–Trinajstić information content (AvgIpc) is 3.63. The Morgan fingerprint density at radius 2 is 0.853 bits per heavy atom. The minimum absolute atomic E-state index is 1.32. The predicted octanol–water partition coefficient (Wildman–Crippen LogP) is 11.0. The van der Waals surface area contributed by atoms with Gasteiger partial charge in [-0.25, -0.2) is 0 Å². The van der Waals surface area contributed by atoms with Crippen molar-refractivity contribution < 1.29 is 0 Å². The Morgan fingerprint density at radius 1 is 0.382 bits per heavy atom. The highest BCUT2D eigenvalue weighted by Gasteiger charge is 2.15. The molecule has 34 heavy (non-hydrogen) atoms. The first-order valence-electron chi connectivity index (χ1n) is 11.2. The first-order chi connectivity index (χ1) is 16.8. The highest BCUT2D eigenvalue weighted by Crippen LogP contribution is 2.47. The fourth-order valence-corrected chi connectivity index (χ4v) is 9.66. The summed E-state index contributed by atoms with van der Waals surface area (Å²) in [6.45, 7) is 0. The van der Waals surface area contributed by atoms with Crippen LogP contribution in [0.5, 0.6) is 0 Å². The number of hydrogen-bond donors (Lipinski definition) is 0. The summed E-state index contributed by atoms with van der Waals surface area (Å²) in [7, 11) is 0. The summed E-state index contributed by atoms with van der Waals surface area (Å²) in [5, 5.41) is 5.43. The van der Waals surface area contributed by atoms with Gasteiger partial charge in [-0.15, -0.1) is 45.3 Å². The van der Waals surface area contributed by atoms with Gasteiger partial charge in [-0.05, 0) is 58.3 Å². The first-order valence-corrected chi connectivity index (χ1v) is 14.4. The van der Waals surface area contributed by atoms with Crippen molar-refractivity contribution in [3.05, 3.63) is 97.1 Å². The number of fused-ring (bicyclic) bond motifs is 7. The largest absolute Gasteiger partial charge is 0.135 e. The molecule has 160 valence electrons. The van der Waals surface area contributed by atoms with E-state index in [1.807, 2.05) is 45.3 Å². The quantitative estimate of drug-likeness (QED) is 0.220. The van der Waals surface area contributed by atoms with Gasteiger partial charge in [0, 0.05) is 39.3 Å². The van der Waals surface area contributed by atoms with Crippen molar-refractivity contribution >= 4 is 95.1 Å². The summed E-state index contributed by atoms with van der Waals surface area (Å²) in [5.74, 6) is 0. The normalized spacial score (nSPS) is 12.1. The zero-order chi connectivity index (χ0) is 22.2. The second-order valence-electron chi connectivity index (χ2n) is 8.58. The van der Waals surface area contributed by atoms with Crippen LogP contribution in [-0.4, -0.2) is 0 Å². The molecule has 0 spiro atoms. The highest BCUT2D eigenvalue weighted by molar-refractivity contribution is 7.36. The maximum absolute atomic E-state index is 2.38. The molecule has 0 N–H and O–H groups in total. The zero-order valence-electron chi connectivity index (χ0n) is 17.9. The Morgan fingerprint density at radius 3 is 1.32 bits per heavy atom. The number of rotatable bonds is 2. The second-order valence-corrected chi connectivity index (χ2v) is 12.9. The number of benzene rings is 4. The van der Waals surface area contributed by atoms with Crippen molar-refractivity contribution in [1.29, 1.82) is 0 Å². The molecule has 0 saturated heterocycles. The van der Waals surface area contributed by atoms with E-state index in [4.69, 9.17) is 0 Å². The van der Waals surface area contributed by atoms with Crippen molar-refractivity contribution in [2.24, 2.45) is 0 Å². The lowest BCUT2D eigenvalue weighted by Crippen LogP contribution is -1.71. The molecule has 0 aliphatic carbocycles. The van der Waals surface area contributed by atoms with Gasteiger partial charge in [0.25, 0.3) is 0 Å². The van der Waals surface area contributed by atoms with E-state index in [1.54, 1.807) is 0 Å². The van der Waals surface area contributed by atoms with Gasteiger partial charge in [-0.3, -0.25) is 0 Å². The molecule has 8 aromatic rings. The van der Waals surface area contributed by atoms with E-state index in [9.17, 15) is 0 Å². The summed E-state index contributed by atoms with van der Waals surface area (Å²) in [4.78, 5) is 2.69. The third-order valence-corrected chi connectivity index (χ3v) is 11.3. The maximum Gasteiger partial charge on any atom is 0.0542 e. The van der Waals surface area contributed by atoms with Gasteiger partial charge < -0.3 is 0 Å². The van der Waals surface area contributed by atoms with Crippen LogP contribution in [0, 0.1) is 0 Å². The van der Waals surface area contributed by atoms with Gasteiger partial charge in [0.1, 0.15) is 0 Å². The van der Waals surface area contributed by atoms with E-state index >= 15 is 0 Å². The fourth-order valence-electron chi connectivity index (χ4n) is 4.81. The van der Waals surface area contributed by atoms with E-state index in [2.05, 4.69) is 97.1 Å². The van der Waals surface area contributed by atoms with Crippen LogP contribution in [-0.2, 0) is 0 Å². The van der Waals surface area contributed by atoms with Crippen LogP contribution in [0.15, 0.2) is 97.1 Å². The van der Waals surface area contributed by atoms with E-state index < -0.39 is 0 Å². The van der Waals surface area contributed by atoms with Crippen molar-refractivity contribution in [3.8, 4) is 20.9 Å². The molecule has 0 fully saturated rings. The number of hydrogen-bond acceptors (Lipinski definition) is 4. The van der Waals surface area contributed by atoms with Crippen LogP contribution >= 0.6 is 45.3 Å². The molecule has 4 aromatic heterocycles. The van der Waals surface area contributed by atoms with Gasteiger partial charge in [0.2, 0.25) is 0 Å². The van der Waals surface area contributed by atoms with Gasteiger partial charge in [-0.1, -0.05) is 60.7 Å². The van der Waals surface area contributed by atoms with Crippen molar-refractivity contribution in [2.75, 3.05) is 0 Å². The molecule has 4 heterocycles. The highest BCUT2D eigenvalue weighted by atomic mass is 32.1. The van der Waals surface area contributed by atoms with Crippen molar-refractivity contribution in [2.45, 2.75) is 0 Å². The van der Waals surface area contributed by atoms with Gasteiger partial charge >= 0.3 is 0 Å². The summed E-state index contributed by atoms with van der Waals surface area (Å²) >= 11 is 7.63. The maximum atomic E-state index is 2.38. The van der Waals surface area contributed by atoms with E-state index in [0.717, 1.165) is 0 Å². The molecular weight excluding hydrogens is 489 g/mol. The van der Waals surface area contributed by atoms with Gasteiger partial charge in [-0.2, -0.15) is 0 Å². The molecule has 0 amide bonds. The molecule has 0 aliphatic heterocycles. The predicted molar refractivity (Wildman–Crippen MR) is 156 cm³/mol. The minimum Gasteiger partial charge on any atom is -0.135 e. The molecule has 0 saturated carbocycles. The number of thiophene rings is 4. The summed E-state index contributed by atoms with van der Waals surface area (Å²) < 4.78 is 8.31. The molecule has 8 rings (SSSR count). The Bertz CT molecular complexity index is 1810. The molecule has 0 aliphatic rings. The third-order valence-electron chi connectivity index (χ3n) is 6.50. The van der Waals surface area contributed by atoms with Crippen molar-refractivity contribution in [1.82, 2.24) is 0 Å². The Kier molecular flexibility index (Phi) is 4.11.